The molecule has 0 bridgehead atoms. The van der Waals surface area contributed by atoms with Crippen LogP contribution in [0.4, 0.5) is 4.39 Å². The molecule has 19 heavy (non-hydrogen) atoms. The van der Waals surface area contributed by atoms with Gasteiger partial charge in [0.25, 0.3) is 0 Å². The van der Waals surface area contributed by atoms with Gasteiger partial charge in [0.05, 0.1) is 6.04 Å². The first-order chi connectivity index (χ1) is 8.99. The van der Waals surface area contributed by atoms with Crippen molar-refractivity contribution in [3.63, 3.8) is 0 Å². The van der Waals surface area contributed by atoms with Gasteiger partial charge in [0, 0.05) is 20.6 Å². The zero-order chi connectivity index (χ0) is 14.0. The zero-order valence-electron chi connectivity index (χ0n) is 11.8. The maximum Gasteiger partial charge on any atom is 0.239 e. The molecular weight excluding hydrogens is 243 g/mol. The third kappa shape index (κ3) is 3.13. The summed E-state index contributed by atoms with van der Waals surface area (Å²) in [5, 5.41) is 0. The molecule has 1 saturated heterocycles. The Morgan fingerprint density at radius 2 is 2.21 bits per heavy atom. The van der Waals surface area contributed by atoms with Crippen molar-refractivity contribution in [1.82, 2.24) is 9.80 Å². The highest BCUT2D eigenvalue weighted by Crippen LogP contribution is 2.28. The zero-order valence-corrected chi connectivity index (χ0v) is 11.8. The maximum absolute atomic E-state index is 13.2. The molecule has 1 amide bonds. The number of benzene rings is 1. The van der Waals surface area contributed by atoms with Gasteiger partial charge in [-0.2, -0.15) is 0 Å². The summed E-state index contributed by atoms with van der Waals surface area (Å²) in [7, 11) is 3.55. The minimum absolute atomic E-state index is 0.103. The second-order valence-electron chi connectivity index (χ2n) is 5.44. The molecule has 0 saturated carbocycles. The highest BCUT2D eigenvalue weighted by atomic mass is 19.1. The van der Waals surface area contributed by atoms with Gasteiger partial charge in [0.2, 0.25) is 5.91 Å². The molecule has 2 rings (SSSR count). The summed E-state index contributed by atoms with van der Waals surface area (Å²) >= 11 is 0. The molecule has 1 aliphatic rings. The highest BCUT2D eigenvalue weighted by molar-refractivity contribution is 5.81. The summed E-state index contributed by atoms with van der Waals surface area (Å²) in [5.41, 5.74) is 1.03. The molecule has 1 aromatic carbocycles. The minimum atomic E-state index is -0.187. The predicted molar refractivity (Wildman–Crippen MR) is 73.5 cm³/mol. The third-order valence-corrected chi connectivity index (χ3v) is 3.89. The van der Waals surface area contributed by atoms with Gasteiger partial charge in [0.15, 0.2) is 0 Å². The molecule has 3 nitrogen and oxygen atoms in total. The molecule has 1 aliphatic heterocycles. The van der Waals surface area contributed by atoms with Crippen LogP contribution in [-0.2, 0) is 4.79 Å². The molecule has 104 valence electrons. The number of nitrogens with zero attached hydrogens (tertiary/aromatic N) is 2. The Kier molecular flexibility index (Phi) is 4.20. The first-order valence-corrected chi connectivity index (χ1v) is 6.69. The van der Waals surface area contributed by atoms with Crippen LogP contribution in [0, 0.1) is 5.82 Å². The molecule has 4 heteroatoms. The van der Waals surface area contributed by atoms with E-state index in [1.807, 2.05) is 13.0 Å². The molecule has 1 heterocycles. The summed E-state index contributed by atoms with van der Waals surface area (Å²) < 4.78 is 13.2. The molecule has 1 fully saturated rings. The fourth-order valence-electron chi connectivity index (χ4n) is 2.70. The van der Waals surface area contributed by atoms with Gasteiger partial charge < -0.3 is 4.90 Å². The molecule has 0 aliphatic carbocycles. The normalized spacial score (nSPS) is 21.4. The molecule has 0 spiro atoms. The van der Waals surface area contributed by atoms with Crippen LogP contribution >= 0.6 is 0 Å². The van der Waals surface area contributed by atoms with Crippen LogP contribution in [0.2, 0.25) is 0 Å². The predicted octanol–water partition coefficient (Wildman–Crippen LogP) is 2.09. The lowest BCUT2D eigenvalue weighted by Crippen LogP contribution is -2.43. The number of hydrogen-bond acceptors (Lipinski definition) is 2. The second kappa shape index (κ2) is 5.70. The molecule has 0 aromatic heterocycles. The van der Waals surface area contributed by atoms with E-state index >= 15 is 0 Å². The van der Waals surface area contributed by atoms with Crippen molar-refractivity contribution in [2.24, 2.45) is 0 Å². The van der Waals surface area contributed by atoms with E-state index in [-0.39, 0.29) is 17.8 Å². The molecule has 0 N–H and O–H groups in total. The van der Waals surface area contributed by atoms with Crippen LogP contribution in [0.15, 0.2) is 24.3 Å². The van der Waals surface area contributed by atoms with Crippen LogP contribution in [0.1, 0.15) is 24.8 Å². The van der Waals surface area contributed by atoms with Crippen molar-refractivity contribution >= 4 is 5.91 Å². The van der Waals surface area contributed by atoms with Crippen molar-refractivity contribution in [3.05, 3.63) is 35.6 Å². The van der Waals surface area contributed by atoms with Crippen molar-refractivity contribution in [2.45, 2.75) is 25.3 Å². The Bertz CT molecular complexity index is 461. The van der Waals surface area contributed by atoms with E-state index in [0.717, 1.165) is 25.1 Å². The van der Waals surface area contributed by atoms with Gasteiger partial charge in [0.1, 0.15) is 5.82 Å². The van der Waals surface area contributed by atoms with Gasteiger partial charge in [-0.25, -0.2) is 4.39 Å². The number of hydrogen-bond donors (Lipinski definition) is 0. The number of carbonyl (C=O) groups excluding carboxylic acids is 1. The highest BCUT2D eigenvalue weighted by Gasteiger charge is 2.30. The molecule has 0 radical (unpaired) electrons. The standard InChI is InChI=1S/C15H21FN2O/c1-11(15(19)17(2)3)18-8-7-13(10-18)12-5-4-6-14(16)9-12/h4-6,9,11,13H,7-8,10H2,1-3H3/t11-,13-/m0/s1. The van der Waals surface area contributed by atoms with E-state index in [0.29, 0.717) is 5.92 Å². The Morgan fingerprint density at radius 1 is 1.47 bits per heavy atom. The van der Waals surface area contributed by atoms with Crippen molar-refractivity contribution in [2.75, 3.05) is 27.2 Å². The van der Waals surface area contributed by atoms with Crippen LogP contribution in [0.5, 0.6) is 0 Å². The van der Waals surface area contributed by atoms with E-state index in [2.05, 4.69) is 4.90 Å². The number of amides is 1. The lowest BCUT2D eigenvalue weighted by molar-refractivity contribution is -0.133. The first kappa shape index (κ1) is 14.0. The van der Waals surface area contributed by atoms with E-state index in [4.69, 9.17) is 0 Å². The average molecular weight is 264 g/mol. The summed E-state index contributed by atoms with van der Waals surface area (Å²) in [6.07, 6.45) is 0.981. The Morgan fingerprint density at radius 3 is 2.84 bits per heavy atom. The number of halogens is 1. The van der Waals surface area contributed by atoms with Crippen molar-refractivity contribution in [3.8, 4) is 0 Å². The van der Waals surface area contributed by atoms with Gasteiger partial charge in [-0.3, -0.25) is 9.69 Å². The van der Waals surface area contributed by atoms with Gasteiger partial charge in [-0.1, -0.05) is 12.1 Å². The molecular formula is C15H21FN2O. The van der Waals surface area contributed by atoms with Crippen LogP contribution < -0.4 is 0 Å². The van der Waals surface area contributed by atoms with Crippen LogP contribution in [0.3, 0.4) is 0 Å². The van der Waals surface area contributed by atoms with Crippen LogP contribution in [-0.4, -0.2) is 48.9 Å². The monoisotopic (exact) mass is 264 g/mol. The lowest BCUT2D eigenvalue weighted by atomic mass is 9.98. The first-order valence-electron chi connectivity index (χ1n) is 6.69. The Hall–Kier alpha value is -1.42. The van der Waals surface area contributed by atoms with Gasteiger partial charge >= 0.3 is 0 Å². The minimum Gasteiger partial charge on any atom is -0.347 e. The fraction of sp³-hybridized carbons (Fsp3) is 0.533. The number of likely N-dealkylation sites (N-methyl/N-ethyl adjacent to an activating group) is 1. The fourth-order valence-corrected chi connectivity index (χ4v) is 2.70. The summed E-state index contributed by atoms with van der Waals surface area (Å²) in [5.74, 6) is 0.265. The van der Waals surface area contributed by atoms with E-state index < -0.39 is 0 Å². The van der Waals surface area contributed by atoms with Gasteiger partial charge in [-0.15, -0.1) is 0 Å². The smallest absolute Gasteiger partial charge is 0.239 e. The van der Waals surface area contributed by atoms with E-state index in [1.165, 1.54) is 6.07 Å². The quantitative estimate of drug-likeness (QED) is 0.834. The van der Waals surface area contributed by atoms with Crippen molar-refractivity contribution in [1.29, 1.82) is 0 Å². The van der Waals surface area contributed by atoms with Crippen molar-refractivity contribution < 1.29 is 9.18 Å². The summed E-state index contributed by atoms with van der Waals surface area (Å²) in [6.45, 7) is 3.66. The number of likely N-dealkylation sites (tertiary alicyclic amines) is 1. The molecule has 1 aromatic rings. The SMILES string of the molecule is C[C@@H](C(=O)N(C)C)N1CC[C@H](c2cccc(F)c2)C1. The Balaban J connectivity index is 2.02. The number of rotatable bonds is 3. The van der Waals surface area contributed by atoms with E-state index in [1.54, 1.807) is 31.1 Å². The third-order valence-electron chi connectivity index (χ3n) is 3.89. The average Bonchev–Trinajstić information content (AvgIpc) is 2.86. The molecule has 2 atom stereocenters. The van der Waals surface area contributed by atoms with E-state index in [9.17, 15) is 9.18 Å². The summed E-state index contributed by atoms with van der Waals surface area (Å²) in [6, 6.07) is 6.69. The Labute approximate surface area is 114 Å². The van der Waals surface area contributed by atoms with Gasteiger partial charge in [-0.05, 0) is 43.5 Å². The van der Waals surface area contributed by atoms with Crippen LogP contribution in [0.25, 0.3) is 0 Å². The lowest BCUT2D eigenvalue weighted by Gasteiger charge is -2.26. The summed E-state index contributed by atoms with van der Waals surface area (Å²) in [4.78, 5) is 15.8. The maximum atomic E-state index is 13.2. The second-order valence-corrected chi connectivity index (χ2v) is 5.44. The largest absolute Gasteiger partial charge is 0.347 e. The number of carbonyl (C=O) groups is 1. The topological polar surface area (TPSA) is 23.6 Å². The molecule has 0 unspecified atom stereocenters.